The summed E-state index contributed by atoms with van der Waals surface area (Å²) in [5.74, 6) is 0. The van der Waals surface area contributed by atoms with Gasteiger partial charge in [0.2, 0.25) is 10.0 Å². The second kappa shape index (κ2) is 6.19. The normalized spacial score (nSPS) is 25.2. The van der Waals surface area contributed by atoms with E-state index in [1.54, 1.807) is 0 Å². The monoisotopic (exact) mass is 390 g/mol. The SMILES string of the molecule is CC1NN(c2cc(NS(C)(=O)=O)c(Cl)cc2Cl)C[N+]1([O-])C(F)F. The lowest BCUT2D eigenvalue weighted by Gasteiger charge is -2.38. The largest absolute Gasteiger partial charge is 0.626 e. The van der Waals surface area contributed by atoms with E-state index in [9.17, 15) is 22.4 Å². The third-order valence-corrected chi connectivity index (χ3v) is 4.52. The molecule has 0 aliphatic carbocycles. The van der Waals surface area contributed by atoms with Gasteiger partial charge in [-0.2, -0.15) is 14.2 Å². The zero-order valence-corrected chi connectivity index (χ0v) is 14.4. The number of nitrogens with one attached hydrogen (secondary N) is 2. The van der Waals surface area contributed by atoms with Crippen LogP contribution in [0.15, 0.2) is 12.1 Å². The van der Waals surface area contributed by atoms with Crippen LogP contribution in [0.2, 0.25) is 10.0 Å². The number of benzene rings is 1. The van der Waals surface area contributed by atoms with E-state index in [0.717, 1.165) is 11.3 Å². The Bertz CT molecular complexity index is 721. The highest BCUT2D eigenvalue weighted by Crippen LogP contribution is 2.37. The molecular weight excluding hydrogens is 377 g/mol. The zero-order valence-electron chi connectivity index (χ0n) is 12.1. The fourth-order valence-corrected chi connectivity index (χ4v) is 3.26. The molecule has 1 aliphatic rings. The minimum Gasteiger partial charge on any atom is -0.626 e. The lowest BCUT2D eigenvalue weighted by atomic mass is 10.2. The van der Waals surface area contributed by atoms with Gasteiger partial charge in [-0.3, -0.25) is 14.4 Å². The van der Waals surface area contributed by atoms with Gasteiger partial charge in [-0.1, -0.05) is 23.2 Å². The van der Waals surface area contributed by atoms with Crippen LogP contribution in [-0.4, -0.2) is 38.7 Å². The molecule has 130 valence electrons. The average molecular weight is 391 g/mol. The molecule has 1 aromatic rings. The molecule has 0 bridgehead atoms. The number of halogens is 4. The Kier molecular flexibility index (Phi) is 4.96. The first kappa shape index (κ1) is 18.4. The number of rotatable bonds is 4. The highest BCUT2D eigenvalue weighted by molar-refractivity contribution is 7.92. The Morgan fingerprint density at radius 2 is 2.04 bits per heavy atom. The summed E-state index contributed by atoms with van der Waals surface area (Å²) in [7, 11) is -3.60. The first-order valence-corrected chi connectivity index (χ1v) is 8.96. The Labute approximate surface area is 141 Å². The van der Waals surface area contributed by atoms with Crippen molar-refractivity contribution in [2.24, 2.45) is 0 Å². The molecule has 1 aliphatic heterocycles. The van der Waals surface area contributed by atoms with Gasteiger partial charge in [-0.15, -0.1) is 0 Å². The van der Waals surface area contributed by atoms with Crippen molar-refractivity contribution in [1.29, 1.82) is 0 Å². The molecule has 0 aromatic heterocycles. The molecule has 23 heavy (non-hydrogen) atoms. The van der Waals surface area contributed by atoms with Gasteiger partial charge in [0.15, 0.2) is 12.8 Å². The van der Waals surface area contributed by atoms with E-state index in [1.807, 2.05) is 0 Å². The second-order valence-corrected chi connectivity index (χ2v) is 7.73. The van der Waals surface area contributed by atoms with Crippen molar-refractivity contribution in [3.63, 3.8) is 0 Å². The number of hydrogen-bond donors (Lipinski definition) is 2. The molecule has 12 heteroatoms. The first-order chi connectivity index (χ1) is 10.4. The van der Waals surface area contributed by atoms with Crippen molar-refractivity contribution >= 4 is 44.6 Å². The van der Waals surface area contributed by atoms with E-state index in [1.165, 1.54) is 19.1 Å². The molecule has 2 unspecified atom stereocenters. The Balaban J connectivity index is 2.39. The summed E-state index contributed by atoms with van der Waals surface area (Å²) in [4.78, 5) is 0. The van der Waals surface area contributed by atoms with Gasteiger partial charge >= 0.3 is 6.55 Å². The lowest BCUT2D eigenvalue weighted by Crippen LogP contribution is -2.51. The molecule has 2 N–H and O–H groups in total. The molecule has 0 amide bonds. The van der Waals surface area contributed by atoms with Crippen LogP contribution in [0.5, 0.6) is 0 Å². The van der Waals surface area contributed by atoms with Gasteiger partial charge in [0.05, 0.1) is 27.7 Å². The average Bonchev–Trinajstić information content (AvgIpc) is 2.69. The summed E-state index contributed by atoms with van der Waals surface area (Å²) >= 11 is 11.9. The van der Waals surface area contributed by atoms with Crippen molar-refractivity contribution in [3.8, 4) is 0 Å². The number of hydrogen-bond acceptors (Lipinski definition) is 5. The summed E-state index contributed by atoms with van der Waals surface area (Å²) in [5.41, 5.74) is 2.78. The van der Waals surface area contributed by atoms with E-state index in [4.69, 9.17) is 23.2 Å². The minimum atomic E-state index is -3.60. The number of hydroxylamine groups is 3. The summed E-state index contributed by atoms with van der Waals surface area (Å²) in [6.07, 6.45) is -0.169. The van der Waals surface area contributed by atoms with Crippen LogP contribution in [0.4, 0.5) is 20.2 Å². The van der Waals surface area contributed by atoms with Crippen LogP contribution in [0.1, 0.15) is 6.92 Å². The Morgan fingerprint density at radius 3 is 2.52 bits per heavy atom. The van der Waals surface area contributed by atoms with Crippen LogP contribution in [0.3, 0.4) is 0 Å². The van der Waals surface area contributed by atoms with Crippen LogP contribution >= 0.6 is 23.2 Å². The van der Waals surface area contributed by atoms with Crippen molar-refractivity contribution in [3.05, 3.63) is 27.4 Å². The number of quaternary nitrogens is 1. The fourth-order valence-electron chi connectivity index (χ4n) is 2.11. The molecule has 1 fully saturated rings. The lowest BCUT2D eigenvalue weighted by molar-refractivity contribution is -0.946. The summed E-state index contributed by atoms with van der Waals surface area (Å²) < 4.78 is 49.0. The molecule has 2 rings (SSSR count). The molecule has 1 saturated heterocycles. The molecular formula is C11H14Cl2F2N4O3S. The smallest absolute Gasteiger partial charge is 0.383 e. The second-order valence-electron chi connectivity index (χ2n) is 5.16. The van der Waals surface area contributed by atoms with Gasteiger partial charge in [0.25, 0.3) is 0 Å². The van der Waals surface area contributed by atoms with Crippen molar-refractivity contribution < 1.29 is 21.8 Å². The van der Waals surface area contributed by atoms with Crippen LogP contribution in [-0.2, 0) is 10.0 Å². The zero-order chi connectivity index (χ0) is 17.6. The van der Waals surface area contributed by atoms with E-state index in [2.05, 4.69) is 10.1 Å². The highest BCUT2D eigenvalue weighted by Gasteiger charge is 2.43. The Hall–Kier alpha value is -0.910. The van der Waals surface area contributed by atoms with Gasteiger partial charge < -0.3 is 5.21 Å². The number of nitrogens with zero attached hydrogens (tertiary/aromatic N) is 2. The topological polar surface area (TPSA) is 84.5 Å². The molecule has 7 nitrogen and oxygen atoms in total. The van der Waals surface area contributed by atoms with Crippen LogP contribution < -0.4 is 15.2 Å². The predicted molar refractivity (Wildman–Crippen MR) is 84.5 cm³/mol. The third kappa shape index (κ3) is 3.78. The molecule has 0 spiro atoms. The molecule has 1 aromatic carbocycles. The van der Waals surface area contributed by atoms with E-state index >= 15 is 0 Å². The Morgan fingerprint density at radius 1 is 1.43 bits per heavy atom. The van der Waals surface area contributed by atoms with Gasteiger partial charge in [-0.25, -0.2) is 8.42 Å². The minimum absolute atomic E-state index is 0.0240. The number of alkyl halides is 2. The first-order valence-electron chi connectivity index (χ1n) is 6.31. The van der Waals surface area contributed by atoms with Gasteiger partial charge in [-0.05, 0) is 12.1 Å². The highest BCUT2D eigenvalue weighted by atomic mass is 35.5. The number of anilines is 2. The molecule has 1 heterocycles. The van der Waals surface area contributed by atoms with Crippen LogP contribution in [0, 0.1) is 5.21 Å². The third-order valence-electron chi connectivity index (χ3n) is 3.31. The quantitative estimate of drug-likeness (QED) is 0.468. The maximum absolute atomic E-state index is 13.0. The summed E-state index contributed by atoms with van der Waals surface area (Å²) in [5, 5.41) is 13.4. The summed E-state index contributed by atoms with van der Waals surface area (Å²) in [6, 6.07) is 2.53. The van der Waals surface area contributed by atoms with E-state index in [-0.39, 0.29) is 21.4 Å². The molecule has 0 radical (unpaired) electrons. The number of sulfonamides is 1. The molecule has 0 saturated carbocycles. The standard InChI is InChI=1S/C11H14Cl2F2N4O3S/c1-6-16-18(5-19(6,20)11(14)15)10-4-9(17-23(2,21)22)7(12)3-8(10)13/h3-4,6,11,16-17H,5H2,1-2H3. The van der Waals surface area contributed by atoms with E-state index in [0.29, 0.717) is 0 Å². The van der Waals surface area contributed by atoms with Crippen molar-refractivity contribution in [2.75, 3.05) is 22.7 Å². The van der Waals surface area contributed by atoms with Crippen molar-refractivity contribution in [1.82, 2.24) is 5.43 Å². The van der Waals surface area contributed by atoms with Gasteiger partial charge in [0.1, 0.15) is 0 Å². The van der Waals surface area contributed by atoms with E-state index < -0.39 is 34.1 Å². The van der Waals surface area contributed by atoms with Crippen molar-refractivity contribution in [2.45, 2.75) is 19.6 Å². The summed E-state index contributed by atoms with van der Waals surface area (Å²) in [6.45, 7) is -2.42. The number of hydrazine groups is 1. The van der Waals surface area contributed by atoms with Crippen LogP contribution in [0.25, 0.3) is 0 Å². The molecule has 2 atom stereocenters. The maximum atomic E-state index is 13.0. The predicted octanol–water partition coefficient (Wildman–Crippen LogP) is 2.53. The van der Waals surface area contributed by atoms with Gasteiger partial charge in [0, 0.05) is 6.92 Å². The fraction of sp³-hybridized carbons (Fsp3) is 0.455. The maximum Gasteiger partial charge on any atom is 0.383 e.